The Morgan fingerprint density at radius 1 is 1.24 bits per heavy atom. The molecule has 9 nitrogen and oxygen atoms in total. The van der Waals surface area contributed by atoms with Crippen LogP contribution in [0, 0.1) is 17.3 Å². The lowest BCUT2D eigenvalue weighted by Crippen LogP contribution is -2.58. The zero-order valence-corrected chi connectivity index (χ0v) is 21.6. The second-order valence-corrected chi connectivity index (χ2v) is 10.5. The van der Waals surface area contributed by atoms with Gasteiger partial charge in [0.1, 0.15) is 22.8 Å². The number of amides is 1. The molecule has 0 saturated heterocycles. The summed E-state index contributed by atoms with van der Waals surface area (Å²) in [5.74, 6) is -4.05. The molecule has 1 unspecified atom stereocenters. The summed E-state index contributed by atoms with van der Waals surface area (Å²) in [6.45, 7) is 7.96. The molecule has 0 aliphatic heterocycles. The second-order valence-electron chi connectivity index (χ2n) is 10.5. The number of aromatic hydroxyl groups is 1. The zero-order valence-electron chi connectivity index (χ0n) is 21.6. The highest BCUT2D eigenvalue weighted by Crippen LogP contribution is 2.58. The first kappa shape index (κ1) is 26.5. The SMILES string of the molecule is C=C1C2=C(O)[C@@]3(C)C(=O)C(C(N)=O)=C(O)C(N(C)C)[C@@H]3C[C@@H]2Cc2c(C(=O)OCCCC)ccc(O)c21. The van der Waals surface area contributed by atoms with E-state index in [-0.39, 0.29) is 30.5 Å². The number of phenols is 1. The zero-order chi connectivity index (χ0) is 27.4. The number of phenolic OH excluding ortho intramolecular Hbond substituents is 1. The minimum atomic E-state index is -1.55. The number of ketones is 1. The van der Waals surface area contributed by atoms with Gasteiger partial charge in [-0.1, -0.05) is 19.9 Å². The van der Waals surface area contributed by atoms with Gasteiger partial charge >= 0.3 is 5.97 Å². The summed E-state index contributed by atoms with van der Waals surface area (Å²) in [6, 6.07) is 2.16. The number of hydrogen-bond donors (Lipinski definition) is 4. The number of hydrogen-bond acceptors (Lipinski definition) is 8. The number of likely N-dealkylation sites (N-methyl/N-ethyl adjacent to an activating group) is 1. The Kier molecular flexibility index (Phi) is 6.71. The number of allylic oxidation sites excluding steroid dienone is 3. The molecule has 3 aliphatic carbocycles. The van der Waals surface area contributed by atoms with Crippen LogP contribution in [-0.2, 0) is 20.7 Å². The average Bonchev–Trinajstić information content (AvgIpc) is 2.81. The number of nitrogens with two attached hydrogens (primary N) is 1. The lowest BCUT2D eigenvalue weighted by molar-refractivity contribution is -0.134. The Hall–Kier alpha value is -3.59. The fourth-order valence-electron chi connectivity index (χ4n) is 6.30. The fraction of sp³-hybridized carbons (Fsp3) is 0.464. The Labute approximate surface area is 215 Å². The third-order valence-corrected chi connectivity index (χ3v) is 8.17. The molecular formula is C28H34N2O7. The number of carbonyl (C=O) groups is 3. The molecular weight excluding hydrogens is 476 g/mol. The van der Waals surface area contributed by atoms with Crippen LogP contribution >= 0.6 is 0 Å². The Morgan fingerprint density at radius 3 is 2.51 bits per heavy atom. The first-order chi connectivity index (χ1) is 17.4. The maximum absolute atomic E-state index is 13.6. The van der Waals surface area contributed by atoms with Crippen molar-refractivity contribution in [3.8, 4) is 5.75 Å². The summed E-state index contributed by atoms with van der Waals surface area (Å²) in [4.78, 5) is 40.4. The number of aliphatic hydroxyl groups is 2. The number of rotatable bonds is 6. The van der Waals surface area contributed by atoms with Crippen LogP contribution in [0.1, 0.15) is 54.6 Å². The van der Waals surface area contributed by atoms with Crippen molar-refractivity contribution < 1.29 is 34.4 Å². The van der Waals surface area contributed by atoms with E-state index in [1.165, 1.54) is 12.1 Å². The predicted octanol–water partition coefficient (Wildman–Crippen LogP) is 3.18. The fourth-order valence-corrected chi connectivity index (χ4v) is 6.30. The molecule has 0 bridgehead atoms. The van der Waals surface area contributed by atoms with E-state index < -0.39 is 46.4 Å². The topological polar surface area (TPSA) is 150 Å². The summed E-state index contributed by atoms with van der Waals surface area (Å²) < 4.78 is 5.43. The van der Waals surface area contributed by atoms with E-state index in [9.17, 15) is 29.7 Å². The van der Waals surface area contributed by atoms with E-state index in [0.717, 1.165) is 12.8 Å². The largest absolute Gasteiger partial charge is 0.511 e. The molecule has 3 aliphatic rings. The van der Waals surface area contributed by atoms with Crippen LogP contribution in [0.4, 0.5) is 0 Å². The van der Waals surface area contributed by atoms with Crippen molar-refractivity contribution in [1.82, 2.24) is 4.90 Å². The van der Waals surface area contributed by atoms with Gasteiger partial charge in [-0.3, -0.25) is 14.5 Å². The van der Waals surface area contributed by atoms with Gasteiger partial charge in [0.05, 0.1) is 23.6 Å². The highest BCUT2D eigenvalue weighted by Gasteiger charge is 2.60. The number of Topliss-reactive ketones (excluding diaryl/α,β-unsaturated/α-hetero) is 1. The number of primary amides is 1. The first-order valence-electron chi connectivity index (χ1n) is 12.5. The number of esters is 1. The van der Waals surface area contributed by atoms with E-state index in [1.54, 1.807) is 25.9 Å². The molecule has 0 aromatic heterocycles. The molecule has 0 heterocycles. The number of unbranched alkanes of at least 4 members (excludes halogenated alkanes) is 1. The lowest BCUT2D eigenvalue weighted by atomic mass is 9.53. The van der Waals surface area contributed by atoms with Crippen molar-refractivity contribution in [3.63, 3.8) is 0 Å². The molecule has 4 atom stereocenters. The molecule has 4 rings (SSSR count). The summed E-state index contributed by atoms with van der Waals surface area (Å²) in [5.41, 5.74) is 5.32. The van der Waals surface area contributed by atoms with Gasteiger partial charge in [-0.05, 0) is 69.5 Å². The Bertz CT molecular complexity index is 1280. The molecule has 0 radical (unpaired) electrons. The van der Waals surface area contributed by atoms with Crippen LogP contribution in [0.15, 0.2) is 41.4 Å². The molecule has 37 heavy (non-hydrogen) atoms. The number of nitrogens with zero attached hydrogens (tertiary/aromatic N) is 1. The van der Waals surface area contributed by atoms with Crippen LogP contribution in [0.5, 0.6) is 5.75 Å². The van der Waals surface area contributed by atoms with E-state index >= 15 is 0 Å². The number of ether oxygens (including phenoxy) is 1. The highest BCUT2D eigenvalue weighted by molar-refractivity contribution is 6.22. The van der Waals surface area contributed by atoms with Crippen LogP contribution in [0.3, 0.4) is 0 Å². The van der Waals surface area contributed by atoms with Gasteiger partial charge in [0, 0.05) is 17.1 Å². The molecule has 0 spiro atoms. The first-order valence-corrected chi connectivity index (χ1v) is 12.5. The van der Waals surface area contributed by atoms with Crippen LogP contribution < -0.4 is 5.73 Å². The summed E-state index contributed by atoms with van der Waals surface area (Å²) in [6.07, 6.45) is 2.23. The van der Waals surface area contributed by atoms with Crippen molar-refractivity contribution in [2.45, 2.75) is 45.6 Å². The number of benzene rings is 1. The van der Waals surface area contributed by atoms with Gasteiger partial charge in [-0.15, -0.1) is 0 Å². The molecule has 1 amide bonds. The summed E-state index contributed by atoms with van der Waals surface area (Å²) in [7, 11) is 3.42. The van der Waals surface area contributed by atoms with Crippen molar-refractivity contribution in [3.05, 3.63) is 58.1 Å². The predicted molar refractivity (Wildman–Crippen MR) is 137 cm³/mol. The number of aliphatic hydroxyl groups excluding tert-OH is 2. The van der Waals surface area contributed by atoms with Gasteiger partial charge in [-0.2, -0.15) is 0 Å². The Balaban J connectivity index is 1.88. The maximum atomic E-state index is 13.6. The molecule has 0 fully saturated rings. The molecule has 1 aromatic carbocycles. The van der Waals surface area contributed by atoms with E-state index in [1.807, 2.05) is 6.92 Å². The minimum Gasteiger partial charge on any atom is -0.511 e. The van der Waals surface area contributed by atoms with E-state index in [4.69, 9.17) is 10.5 Å². The highest BCUT2D eigenvalue weighted by atomic mass is 16.5. The average molecular weight is 511 g/mol. The smallest absolute Gasteiger partial charge is 0.338 e. The summed E-state index contributed by atoms with van der Waals surface area (Å²) >= 11 is 0. The van der Waals surface area contributed by atoms with Gasteiger partial charge in [-0.25, -0.2) is 4.79 Å². The molecule has 9 heteroatoms. The van der Waals surface area contributed by atoms with Crippen LogP contribution in [-0.4, -0.2) is 64.6 Å². The quantitative estimate of drug-likeness (QED) is 0.259. The monoisotopic (exact) mass is 510 g/mol. The lowest BCUT2D eigenvalue weighted by Gasteiger charge is -2.52. The third-order valence-electron chi connectivity index (χ3n) is 8.17. The number of fused-ring (bicyclic) bond motifs is 3. The van der Waals surface area contributed by atoms with Crippen LogP contribution in [0.2, 0.25) is 0 Å². The van der Waals surface area contributed by atoms with Crippen molar-refractivity contribution in [1.29, 1.82) is 0 Å². The van der Waals surface area contributed by atoms with Crippen molar-refractivity contribution in [2.24, 2.45) is 23.0 Å². The molecule has 5 N–H and O–H groups in total. The van der Waals surface area contributed by atoms with Gasteiger partial charge in [0.25, 0.3) is 5.91 Å². The second kappa shape index (κ2) is 9.37. The molecule has 0 saturated carbocycles. The van der Waals surface area contributed by atoms with Gasteiger partial charge < -0.3 is 25.8 Å². The Morgan fingerprint density at radius 2 is 1.92 bits per heavy atom. The van der Waals surface area contributed by atoms with Gasteiger partial charge in [0.15, 0.2) is 5.78 Å². The van der Waals surface area contributed by atoms with E-state index in [0.29, 0.717) is 34.3 Å². The normalized spacial score (nSPS) is 27.1. The molecule has 1 aromatic rings. The van der Waals surface area contributed by atoms with Crippen molar-refractivity contribution in [2.75, 3.05) is 20.7 Å². The minimum absolute atomic E-state index is 0.104. The van der Waals surface area contributed by atoms with Crippen molar-refractivity contribution >= 4 is 23.2 Å². The third kappa shape index (κ3) is 3.83. The number of carbonyl (C=O) groups excluding carboxylic acids is 3. The van der Waals surface area contributed by atoms with Crippen LogP contribution in [0.25, 0.3) is 5.57 Å². The van der Waals surface area contributed by atoms with Gasteiger partial charge in [0.2, 0.25) is 0 Å². The summed E-state index contributed by atoms with van der Waals surface area (Å²) in [5, 5.41) is 33.4. The standard InChI is InChI=1S/C28H34N2O7/c1-6-7-10-37-27(36)15-8-9-18(31)20-13(2)19-14(11-16(15)20)12-17-22(30(4)5)23(32)21(26(29)35)25(34)28(17,3)24(19)33/h8-9,14,17,22,31-33H,2,6-7,10-12H2,1,3-5H3,(H2,29,35)/t14-,17-,22?,28-/m0/s1. The maximum Gasteiger partial charge on any atom is 0.338 e. The molecule has 198 valence electrons. The van der Waals surface area contributed by atoms with E-state index in [2.05, 4.69) is 6.58 Å².